The van der Waals surface area contributed by atoms with E-state index in [1.165, 1.54) is 11.1 Å². The molecule has 1 aromatic rings. The third-order valence-electron chi connectivity index (χ3n) is 4.18. The zero-order valence-electron chi connectivity index (χ0n) is 9.80. The van der Waals surface area contributed by atoms with E-state index in [9.17, 15) is 4.79 Å². The second-order valence-electron chi connectivity index (χ2n) is 5.08. The second kappa shape index (κ2) is 4.15. The van der Waals surface area contributed by atoms with Gasteiger partial charge in [-0.3, -0.25) is 9.69 Å². The molecule has 1 aliphatic carbocycles. The first-order valence-electron chi connectivity index (χ1n) is 6.29. The number of carboxylic acid groups (broad SMARTS) is 1. The molecule has 0 amide bonds. The highest BCUT2D eigenvalue weighted by atomic mass is 16.4. The van der Waals surface area contributed by atoms with Gasteiger partial charge in [0.1, 0.15) is 0 Å². The van der Waals surface area contributed by atoms with Crippen molar-refractivity contribution in [2.75, 3.05) is 6.54 Å². The first-order chi connectivity index (χ1) is 8.25. The van der Waals surface area contributed by atoms with E-state index in [0.717, 1.165) is 32.4 Å². The van der Waals surface area contributed by atoms with Crippen LogP contribution in [0.1, 0.15) is 24.0 Å². The number of rotatable bonds is 2. The van der Waals surface area contributed by atoms with E-state index in [2.05, 4.69) is 29.2 Å². The minimum Gasteiger partial charge on any atom is -0.481 e. The number of benzene rings is 1. The van der Waals surface area contributed by atoms with Crippen LogP contribution in [0.3, 0.4) is 0 Å². The standard InChI is InChI=1S/C14H17NO2/c16-14(17)12-5-6-13(12)15-8-7-10-3-1-2-4-11(10)9-15/h1-4,12-13H,5-9H2,(H,16,17). The van der Waals surface area contributed by atoms with Crippen molar-refractivity contribution in [1.29, 1.82) is 0 Å². The van der Waals surface area contributed by atoms with Gasteiger partial charge in [0.15, 0.2) is 0 Å². The van der Waals surface area contributed by atoms with Crippen molar-refractivity contribution in [2.45, 2.75) is 31.8 Å². The monoisotopic (exact) mass is 231 g/mol. The van der Waals surface area contributed by atoms with E-state index in [0.29, 0.717) is 0 Å². The largest absolute Gasteiger partial charge is 0.481 e. The molecule has 1 saturated carbocycles. The minimum absolute atomic E-state index is 0.139. The summed E-state index contributed by atoms with van der Waals surface area (Å²) >= 11 is 0. The van der Waals surface area contributed by atoms with Gasteiger partial charge in [0.2, 0.25) is 0 Å². The smallest absolute Gasteiger partial charge is 0.308 e. The Labute approximate surface area is 101 Å². The normalized spacial score (nSPS) is 28.2. The van der Waals surface area contributed by atoms with Crippen LogP contribution in [0, 0.1) is 5.92 Å². The molecule has 0 spiro atoms. The van der Waals surface area contributed by atoms with E-state index in [-0.39, 0.29) is 12.0 Å². The number of carboxylic acids is 1. The predicted octanol–water partition coefficient (Wildman–Crippen LogP) is 1.91. The topological polar surface area (TPSA) is 40.5 Å². The van der Waals surface area contributed by atoms with Crippen molar-refractivity contribution < 1.29 is 9.90 Å². The Kier molecular flexibility index (Phi) is 2.63. The van der Waals surface area contributed by atoms with Crippen LogP contribution in [0.25, 0.3) is 0 Å². The zero-order valence-corrected chi connectivity index (χ0v) is 9.80. The molecule has 0 radical (unpaired) electrons. The van der Waals surface area contributed by atoms with E-state index in [4.69, 9.17) is 5.11 Å². The van der Waals surface area contributed by atoms with Gasteiger partial charge in [0.25, 0.3) is 0 Å². The van der Waals surface area contributed by atoms with Gasteiger partial charge in [0.05, 0.1) is 5.92 Å². The molecule has 2 unspecified atom stereocenters. The molecule has 0 bridgehead atoms. The van der Waals surface area contributed by atoms with Crippen molar-refractivity contribution in [3.05, 3.63) is 35.4 Å². The fourth-order valence-corrected chi connectivity index (χ4v) is 3.01. The van der Waals surface area contributed by atoms with Crippen LogP contribution in [0.5, 0.6) is 0 Å². The molecule has 1 fully saturated rings. The van der Waals surface area contributed by atoms with Gasteiger partial charge in [-0.05, 0) is 30.4 Å². The number of fused-ring (bicyclic) bond motifs is 1. The third kappa shape index (κ3) is 1.84. The summed E-state index contributed by atoms with van der Waals surface area (Å²) in [7, 11) is 0. The van der Waals surface area contributed by atoms with Gasteiger partial charge in [-0.15, -0.1) is 0 Å². The Morgan fingerprint density at radius 1 is 1.24 bits per heavy atom. The number of carbonyl (C=O) groups is 1. The summed E-state index contributed by atoms with van der Waals surface area (Å²) in [6.07, 6.45) is 2.94. The molecule has 0 aromatic heterocycles. The highest BCUT2D eigenvalue weighted by Gasteiger charge is 2.40. The van der Waals surface area contributed by atoms with E-state index >= 15 is 0 Å². The van der Waals surface area contributed by atoms with Crippen LogP contribution in [0.4, 0.5) is 0 Å². The lowest BCUT2D eigenvalue weighted by molar-refractivity contribution is -0.149. The van der Waals surface area contributed by atoms with E-state index in [1.807, 2.05) is 0 Å². The molecule has 3 heteroatoms. The van der Waals surface area contributed by atoms with E-state index < -0.39 is 5.97 Å². The molecule has 2 aliphatic rings. The van der Waals surface area contributed by atoms with Crippen LogP contribution in [0.2, 0.25) is 0 Å². The predicted molar refractivity (Wildman–Crippen MR) is 64.7 cm³/mol. The Morgan fingerprint density at radius 3 is 2.65 bits per heavy atom. The van der Waals surface area contributed by atoms with Crippen LogP contribution < -0.4 is 0 Å². The van der Waals surface area contributed by atoms with Crippen LogP contribution in [-0.4, -0.2) is 28.6 Å². The number of aliphatic carboxylic acids is 1. The lowest BCUT2D eigenvalue weighted by atomic mass is 9.77. The Balaban J connectivity index is 1.74. The van der Waals surface area contributed by atoms with Gasteiger partial charge >= 0.3 is 5.97 Å². The number of nitrogens with zero attached hydrogens (tertiary/aromatic N) is 1. The molecular weight excluding hydrogens is 214 g/mol. The second-order valence-corrected chi connectivity index (χ2v) is 5.08. The first kappa shape index (κ1) is 10.8. The van der Waals surface area contributed by atoms with Crippen molar-refractivity contribution in [3.8, 4) is 0 Å². The van der Waals surface area contributed by atoms with Gasteiger partial charge < -0.3 is 5.11 Å². The molecule has 2 atom stereocenters. The number of hydrogen-bond donors (Lipinski definition) is 1. The number of hydrogen-bond acceptors (Lipinski definition) is 2. The van der Waals surface area contributed by atoms with Crippen molar-refractivity contribution in [2.24, 2.45) is 5.92 Å². The summed E-state index contributed by atoms with van der Waals surface area (Å²) in [5.74, 6) is -0.764. The highest BCUT2D eigenvalue weighted by molar-refractivity contribution is 5.72. The summed E-state index contributed by atoms with van der Waals surface area (Å²) in [5.41, 5.74) is 2.80. The maximum absolute atomic E-state index is 11.1. The van der Waals surface area contributed by atoms with Gasteiger partial charge in [-0.2, -0.15) is 0 Å². The molecule has 1 N–H and O–H groups in total. The SMILES string of the molecule is O=C(O)C1CCC1N1CCc2ccccc2C1. The molecule has 1 aromatic carbocycles. The van der Waals surface area contributed by atoms with Gasteiger partial charge in [-0.25, -0.2) is 0 Å². The lowest BCUT2D eigenvalue weighted by Crippen LogP contribution is -2.51. The fraction of sp³-hybridized carbons (Fsp3) is 0.500. The maximum Gasteiger partial charge on any atom is 0.308 e. The third-order valence-corrected chi connectivity index (χ3v) is 4.18. The molecule has 3 nitrogen and oxygen atoms in total. The van der Waals surface area contributed by atoms with Gasteiger partial charge in [0, 0.05) is 19.1 Å². The minimum atomic E-state index is -0.625. The van der Waals surface area contributed by atoms with Crippen molar-refractivity contribution in [3.63, 3.8) is 0 Å². The molecule has 1 aliphatic heterocycles. The van der Waals surface area contributed by atoms with Crippen LogP contribution >= 0.6 is 0 Å². The molecule has 3 rings (SSSR count). The van der Waals surface area contributed by atoms with Crippen molar-refractivity contribution in [1.82, 2.24) is 4.90 Å². The molecule has 0 saturated heterocycles. The Bertz CT molecular complexity index is 444. The average Bonchev–Trinajstić information content (AvgIpc) is 2.26. The molecular formula is C14H17NO2. The Hall–Kier alpha value is -1.35. The van der Waals surface area contributed by atoms with Crippen molar-refractivity contribution >= 4 is 5.97 Å². The fourth-order valence-electron chi connectivity index (χ4n) is 3.01. The van der Waals surface area contributed by atoms with Crippen LogP contribution in [0.15, 0.2) is 24.3 Å². The Morgan fingerprint density at radius 2 is 2.00 bits per heavy atom. The summed E-state index contributed by atoms with van der Waals surface area (Å²) in [6.45, 7) is 1.93. The van der Waals surface area contributed by atoms with Crippen LogP contribution in [-0.2, 0) is 17.8 Å². The summed E-state index contributed by atoms with van der Waals surface area (Å²) in [6, 6.07) is 8.76. The molecule has 17 heavy (non-hydrogen) atoms. The summed E-state index contributed by atoms with van der Waals surface area (Å²) in [5, 5.41) is 9.10. The van der Waals surface area contributed by atoms with E-state index in [1.54, 1.807) is 0 Å². The maximum atomic E-state index is 11.1. The quantitative estimate of drug-likeness (QED) is 0.845. The summed E-state index contributed by atoms with van der Waals surface area (Å²) in [4.78, 5) is 13.4. The summed E-state index contributed by atoms with van der Waals surface area (Å²) < 4.78 is 0. The average molecular weight is 231 g/mol. The molecule has 90 valence electrons. The zero-order chi connectivity index (χ0) is 11.8. The molecule has 1 heterocycles. The van der Waals surface area contributed by atoms with Gasteiger partial charge in [-0.1, -0.05) is 24.3 Å². The highest BCUT2D eigenvalue weighted by Crippen LogP contribution is 2.35. The first-order valence-corrected chi connectivity index (χ1v) is 6.29. The lowest BCUT2D eigenvalue weighted by Gasteiger charge is -2.44.